The van der Waals surface area contributed by atoms with E-state index in [2.05, 4.69) is 40.8 Å². The molecule has 1 aromatic heterocycles. The van der Waals surface area contributed by atoms with E-state index in [0.29, 0.717) is 43.7 Å². The summed E-state index contributed by atoms with van der Waals surface area (Å²) in [5.74, 6) is 0.764. The summed E-state index contributed by atoms with van der Waals surface area (Å²) in [5, 5.41) is 9.70. The van der Waals surface area contributed by atoms with Gasteiger partial charge >= 0.3 is 0 Å². The zero-order valence-electron chi connectivity index (χ0n) is 19.9. The van der Waals surface area contributed by atoms with E-state index in [1.807, 2.05) is 48.5 Å². The van der Waals surface area contributed by atoms with Crippen LogP contribution in [-0.2, 0) is 22.6 Å². The van der Waals surface area contributed by atoms with Gasteiger partial charge in [0.25, 0.3) is 0 Å². The molecular formula is C29H29N3O3. The molecule has 2 heterocycles. The Bertz CT molecular complexity index is 1350. The summed E-state index contributed by atoms with van der Waals surface area (Å²) in [5.41, 5.74) is 2.43. The number of hydrogen-bond acceptors (Lipinski definition) is 4. The molecule has 6 heteroatoms. The first kappa shape index (κ1) is 22.8. The zero-order chi connectivity index (χ0) is 24.3. The van der Waals surface area contributed by atoms with Crippen molar-refractivity contribution in [3.63, 3.8) is 0 Å². The van der Waals surface area contributed by atoms with Gasteiger partial charge in [0.2, 0.25) is 11.8 Å². The van der Waals surface area contributed by atoms with Crippen molar-refractivity contribution in [3.05, 3.63) is 90.1 Å². The molecule has 1 atom stereocenters. The normalized spacial score (nSPS) is 17.5. The number of nitrogens with zero attached hydrogens (tertiary/aromatic N) is 2. The Balaban J connectivity index is 1.23. The van der Waals surface area contributed by atoms with E-state index in [1.54, 1.807) is 11.9 Å². The number of aromatic nitrogens is 1. The third-order valence-electron chi connectivity index (χ3n) is 6.85. The SMILES string of the molecule is CN(Cc1cc(-c2ccccc2)on1)C(=O)CC[C@@]1(Cc2ccc3ccccc3c2)CCC(=O)N1. The topological polar surface area (TPSA) is 75.4 Å². The standard InChI is InChI=1S/C29H29N3O3/c1-32(20-25-18-26(35-31-25)23-8-3-2-4-9-23)28(34)14-16-29(15-13-27(33)30-29)19-21-11-12-22-7-5-6-10-24(22)17-21/h2-12,17-18H,13-16,19-20H2,1H3,(H,30,33)/t29-/m1/s1. The number of fused-ring (bicyclic) bond motifs is 1. The lowest BCUT2D eigenvalue weighted by atomic mass is 9.84. The zero-order valence-corrected chi connectivity index (χ0v) is 19.9. The molecular weight excluding hydrogens is 438 g/mol. The highest BCUT2D eigenvalue weighted by Gasteiger charge is 2.38. The Morgan fingerprint density at radius 1 is 1.03 bits per heavy atom. The van der Waals surface area contributed by atoms with Crippen LogP contribution in [0.5, 0.6) is 0 Å². The maximum atomic E-state index is 13.0. The van der Waals surface area contributed by atoms with Crippen LogP contribution in [0.1, 0.15) is 36.9 Å². The third kappa shape index (κ3) is 5.27. The molecule has 35 heavy (non-hydrogen) atoms. The molecule has 2 amide bonds. The lowest BCUT2D eigenvalue weighted by molar-refractivity contribution is -0.131. The highest BCUT2D eigenvalue weighted by atomic mass is 16.5. The van der Waals surface area contributed by atoms with Crippen LogP contribution in [0.2, 0.25) is 0 Å². The summed E-state index contributed by atoms with van der Waals surface area (Å²) < 4.78 is 5.46. The smallest absolute Gasteiger partial charge is 0.222 e. The Morgan fingerprint density at radius 3 is 2.57 bits per heavy atom. The molecule has 3 aromatic carbocycles. The second-order valence-electron chi connectivity index (χ2n) is 9.49. The van der Waals surface area contributed by atoms with Crippen LogP contribution in [-0.4, -0.2) is 34.5 Å². The molecule has 5 rings (SSSR count). The molecule has 1 N–H and O–H groups in total. The molecule has 0 saturated carbocycles. The molecule has 6 nitrogen and oxygen atoms in total. The molecule has 1 saturated heterocycles. The van der Waals surface area contributed by atoms with Gasteiger partial charge in [-0.15, -0.1) is 0 Å². The highest BCUT2D eigenvalue weighted by molar-refractivity contribution is 5.83. The summed E-state index contributed by atoms with van der Waals surface area (Å²) in [6.07, 6.45) is 2.90. The van der Waals surface area contributed by atoms with Crippen LogP contribution in [0.25, 0.3) is 22.1 Å². The van der Waals surface area contributed by atoms with E-state index in [4.69, 9.17) is 4.52 Å². The minimum absolute atomic E-state index is 0.0216. The van der Waals surface area contributed by atoms with Crippen LogP contribution in [0, 0.1) is 0 Å². The van der Waals surface area contributed by atoms with E-state index < -0.39 is 5.54 Å². The molecule has 1 aliphatic rings. The van der Waals surface area contributed by atoms with Gasteiger partial charge in [0.05, 0.1) is 6.54 Å². The van der Waals surface area contributed by atoms with Gasteiger partial charge in [-0.25, -0.2) is 0 Å². The predicted octanol–water partition coefficient (Wildman–Crippen LogP) is 5.12. The quantitative estimate of drug-likeness (QED) is 0.390. The fraction of sp³-hybridized carbons (Fsp3) is 0.276. The number of hydrogen-bond donors (Lipinski definition) is 1. The van der Waals surface area contributed by atoms with Gasteiger partial charge in [0, 0.05) is 37.1 Å². The second kappa shape index (κ2) is 9.74. The van der Waals surface area contributed by atoms with Gasteiger partial charge < -0.3 is 14.7 Å². The van der Waals surface area contributed by atoms with Crippen molar-refractivity contribution in [1.29, 1.82) is 0 Å². The number of nitrogens with one attached hydrogen (secondary N) is 1. The first-order valence-corrected chi connectivity index (χ1v) is 12.0. The van der Waals surface area contributed by atoms with Crippen molar-refractivity contribution < 1.29 is 14.1 Å². The van der Waals surface area contributed by atoms with Crippen LogP contribution >= 0.6 is 0 Å². The third-order valence-corrected chi connectivity index (χ3v) is 6.85. The first-order valence-electron chi connectivity index (χ1n) is 12.0. The lowest BCUT2D eigenvalue weighted by Crippen LogP contribution is -2.44. The second-order valence-corrected chi connectivity index (χ2v) is 9.49. The van der Waals surface area contributed by atoms with E-state index in [9.17, 15) is 9.59 Å². The van der Waals surface area contributed by atoms with Crippen molar-refractivity contribution in [1.82, 2.24) is 15.4 Å². The van der Waals surface area contributed by atoms with Crippen molar-refractivity contribution in [2.24, 2.45) is 0 Å². The molecule has 1 fully saturated rings. The van der Waals surface area contributed by atoms with E-state index in [-0.39, 0.29) is 11.8 Å². The monoisotopic (exact) mass is 467 g/mol. The van der Waals surface area contributed by atoms with Crippen molar-refractivity contribution in [2.45, 2.75) is 44.2 Å². The summed E-state index contributed by atoms with van der Waals surface area (Å²) >= 11 is 0. The van der Waals surface area contributed by atoms with Crippen LogP contribution in [0.4, 0.5) is 0 Å². The van der Waals surface area contributed by atoms with Gasteiger partial charge in [0.15, 0.2) is 5.76 Å². The van der Waals surface area contributed by atoms with E-state index in [0.717, 1.165) is 12.0 Å². The van der Waals surface area contributed by atoms with Gasteiger partial charge in [-0.1, -0.05) is 78.0 Å². The average molecular weight is 468 g/mol. The predicted molar refractivity (Wildman–Crippen MR) is 135 cm³/mol. The van der Waals surface area contributed by atoms with Crippen LogP contribution < -0.4 is 5.32 Å². The summed E-state index contributed by atoms with van der Waals surface area (Å²) in [6, 6.07) is 26.3. The summed E-state index contributed by atoms with van der Waals surface area (Å²) in [7, 11) is 1.78. The summed E-state index contributed by atoms with van der Waals surface area (Å²) in [4.78, 5) is 26.8. The van der Waals surface area contributed by atoms with Crippen molar-refractivity contribution in [3.8, 4) is 11.3 Å². The van der Waals surface area contributed by atoms with Crippen molar-refractivity contribution in [2.75, 3.05) is 7.05 Å². The van der Waals surface area contributed by atoms with Gasteiger partial charge in [-0.05, 0) is 35.6 Å². The molecule has 0 aliphatic carbocycles. The Hall–Kier alpha value is -3.93. The Morgan fingerprint density at radius 2 is 1.80 bits per heavy atom. The Kier molecular flexibility index (Phi) is 6.36. The number of rotatable bonds is 8. The molecule has 0 bridgehead atoms. The van der Waals surface area contributed by atoms with Crippen LogP contribution in [0.3, 0.4) is 0 Å². The molecule has 0 radical (unpaired) electrons. The average Bonchev–Trinajstić information content (AvgIpc) is 3.49. The van der Waals surface area contributed by atoms with Gasteiger partial charge in [-0.2, -0.15) is 0 Å². The van der Waals surface area contributed by atoms with E-state index >= 15 is 0 Å². The van der Waals surface area contributed by atoms with Gasteiger partial charge in [0.1, 0.15) is 5.69 Å². The molecule has 178 valence electrons. The largest absolute Gasteiger partial charge is 0.356 e. The van der Waals surface area contributed by atoms with Gasteiger partial charge in [-0.3, -0.25) is 9.59 Å². The number of carbonyl (C=O) groups is 2. The number of amides is 2. The van der Waals surface area contributed by atoms with Crippen molar-refractivity contribution >= 4 is 22.6 Å². The highest BCUT2D eigenvalue weighted by Crippen LogP contribution is 2.31. The summed E-state index contributed by atoms with van der Waals surface area (Å²) in [6.45, 7) is 0.374. The lowest BCUT2D eigenvalue weighted by Gasteiger charge is -2.30. The fourth-order valence-corrected chi connectivity index (χ4v) is 4.91. The molecule has 4 aromatic rings. The molecule has 1 aliphatic heterocycles. The maximum absolute atomic E-state index is 13.0. The van der Waals surface area contributed by atoms with E-state index in [1.165, 1.54) is 16.3 Å². The minimum atomic E-state index is -0.398. The fourth-order valence-electron chi connectivity index (χ4n) is 4.91. The number of carbonyl (C=O) groups excluding carboxylic acids is 2. The van der Waals surface area contributed by atoms with Crippen LogP contribution in [0.15, 0.2) is 83.4 Å². The number of benzene rings is 3. The maximum Gasteiger partial charge on any atom is 0.222 e. The molecule has 0 unspecified atom stereocenters. The molecule has 0 spiro atoms. The first-order chi connectivity index (χ1) is 17.0. The Labute approximate surface area is 204 Å². The minimum Gasteiger partial charge on any atom is -0.356 e.